The van der Waals surface area contributed by atoms with Crippen molar-refractivity contribution in [3.63, 3.8) is 0 Å². The van der Waals surface area contributed by atoms with Gasteiger partial charge >= 0.3 is 0 Å². The minimum Gasteiger partial charge on any atom is -0.217 e. The van der Waals surface area contributed by atoms with Gasteiger partial charge in [0.05, 0.1) is 4.47 Å². The Morgan fingerprint density at radius 3 is 2.91 bits per heavy atom. The van der Waals surface area contributed by atoms with Gasteiger partial charge in [-0.3, -0.25) is 0 Å². The Labute approximate surface area is 78.7 Å². The number of hydrogen-bond acceptors (Lipinski definition) is 3. The predicted molar refractivity (Wildman–Crippen MR) is 47.1 cm³/mol. The quantitative estimate of drug-likeness (QED) is 0.748. The summed E-state index contributed by atoms with van der Waals surface area (Å²) in [7, 11) is 0. The normalized spacial score (nSPS) is 10.7. The number of hydrogen-bond donors (Lipinski definition) is 1. The fourth-order valence-electron chi connectivity index (χ4n) is 0.739. The van der Waals surface area contributed by atoms with Crippen LogP contribution in [0.3, 0.4) is 0 Å². The lowest BCUT2D eigenvalue weighted by Gasteiger charge is -1.91. The first-order chi connectivity index (χ1) is 5.27. The molecule has 2 aromatic rings. The van der Waals surface area contributed by atoms with Gasteiger partial charge in [0.1, 0.15) is 10.1 Å². The molecule has 0 atom stereocenters. The highest BCUT2D eigenvalue weighted by Gasteiger charge is 2.03. The standard InChI is InChI=1S/C5H2Br2N4/c6-2-1-3-5(8-4(2)7)10-11-9-3/h1H,(H,8,9,10,11). The molecule has 0 saturated carbocycles. The Bertz CT molecular complexity index is 360. The number of rotatable bonds is 0. The molecule has 0 spiro atoms. The van der Waals surface area contributed by atoms with E-state index in [0.29, 0.717) is 5.65 Å². The summed E-state index contributed by atoms with van der Waals surface area (Å²) in [5, 5.41) is 10.2. The third kappa shape index (κ3) is 1.16. The van der Waals surface area contributed by atoms with Crippen LogP contribution in [-0.2, 0) is 0 Å². The monoisotopic (exact) mass is 276 g/mol. The van der Waals surface area contributed by atoms with Gasteiger partial charge in [0.15, 0.2) is 0 Å². The topological polar surface area (TPSA) is 54.5 Å². The van der Waals surface area contributed by atoms with Gasteiger partial charge in [-0.2, -0.15) is 10.3 Å². The maximum Gasteiger partial charge on any atom is 0.202 e. The number of pyridine rings is 1. The molecule has 0 bridgehead atoms. The largest absolute Gasteiger partial charge is 0.217 e. The summed E-state index contributed by atoms with van der Waals surface area (Å²) >= 11 is 6.57. The smallest absolute Gasteiger partial charge is 0.202 e. The van der Waals surface area contributed by atoms with Crippen LogP contribution in [0, 0.1) is 0 Å². The number of nitrogens with one attached hydrogen (secondary N) is 1. The molecule has 56 valence electrons. The maximum atomic E-state index is 4.10. The molecule has 0 aliphatic heterocycles. The molecule has 0 aliphatic rings. The highest BCUT2D eigenvalue weighted by molar-refractivity contribution is 9.13. The summed E-state index contributed by atoms with van der Waals surface area (Å²) in [4.78, 5) is 4.10. The highest BCUT2D eigenvalue weighted by atomic mass is 79.9. The van der Waals surface area contributed by atoms with E-state index in [9.17, 15) is 0 Å². The van der Waals surface area contributed by atoms with E-state index in [1.54, 1.807) is 0 Å². The zero-order chi connectivity index (χ0) is 7.84. The van der Waals surface area contributed by atoms with E-state index in [1.807, 2.05) is 6.07 Å². The van der Waals surface area contributed by atoms with Gasteiger partial charge in [-0.05, 0) is 37.9 Å². The fraction of sp³-hybridized carbons (Fsp3) is 0. The second-order valence-electron chi connectivity index (χ2n) is 1.93. The lowest BCUT2D eigenvalue weighted by atomic mass is 10.4. The minimum atomic E-state index is 0.611. The summed E-state index contributed by atoms with van der Waals surface area (Å²) in [5.41, 5.74) is 1.36. The van der Waals surface area contributed by atoms with E-state index in [4.69, 9.17) is 0 Å². The molecule has 0 aliphatic carbocycles. The van der Waals surface area contributed by atoms with Crippen molar-refractivity contribution < 1.29 is 0 Å². The first-order valence-electron chi connectivity index (χ1n) is 2.80. The summed E-state index contributed by atoms with van der Waals surface area (Å²) in [5.74, 6) is 0. The summed E-state index contributed by atoms with van der Waals surface area (Å²) in [6.07, 6.45) is 0. The van der Waals surface area contributed by atoms with E-state index >= 15 is 0 Å². The average Bonchev–Trinajstić information content (AvgIpc) is 2.36. The van der Waals surface area contributed by atoms with Crippen LogP contribution in [0.25, 0.3) is 11.2 Å². The van der Waals surface area contributed by atoms with Crippen LogP contribution >= 0.6 is 31.9 Å². The Morgan fingerprint density at radius 1 is 1.27 bits per heavy atom. The fourth-order valence-corrected chi connectivity index (χ4v) is 1.33. The number of fused-ring (bicyclic) bond motifs is 1. The number of aromatic amines is 1. The van der Waals surface area contributed by atoms with Crippen LogP contribution in [0.5, 0.6) is 0 Å². The zero-order valence-electron chi connectivity index (χ0n) is 5.17. The third-order valence-electron chi connectivity index (χ3n) is 1.22. The number of halogens is 2. The maximum absolute atomic E-state index is 4.10. The Hall–Kier alpha value is -0.490. The molecule has 4 nitrogen and oxygen atoms in total. The van der Waals surface area contributed by atoms with Crippen LogP contribution in [-0.4, -0.2) is 20.4 Å². The molecule has 2 heterocycles. The van der Waals surface area contributed by atoms with Crippen LogP contribution in [0.15, 0.2) is 15.1 Å². The third-order valence-corrected chi connectivity index (χ3v) is 2.96. The van der Waals surface area contributed by atoms with E-state index in [-0.39, 0.29) is 0 Å². The molecular formula is C5H2Br2N4. The van der Waals surface area contributed by atoms with E-state index in [0.717, 1.165) is 14.6 Å². The number of H-pyrrole nitrogens is 1. The van der Waals surface area contributed by atoms with E-state index in [1.165, 1.54) is 0 Å². The number of aromatic nitrogens is 4. The van der Waals surface area contributed by atoms with Gasteiger partial charge in [0.25, 0.3) is 0 Å². The molecule has 11 heavy (non-hydrogen) atoms. The predicted octanol–water partition coefficient (Wildman–Crippen LogP) is 1.88. The second kappa shape index (κ2) is 2.53. The second-order valence-corrected chi connectivity index (χ2v) is 3.53. The Balaban J connectivity index is 2.86. The van der Waals surface area contributed by atoms with Gasteiger partial charge in [-0.15, -0.1) is 5.10 Å². The molecule has 2 rings (SSSR count). The van der Waals surface area contributed by atoms with Crippen molar-refractivity contribution in [3.8, 4) is 0 Å². The van der Waals surface area contributed by atoms with Crippen LogP contribution in [0.1, 0.15) is 0 Å². The van der Waals surface area contributed by atoms with Gasteiger partial charge < -0.3 is 0 Å². The molecule has 0 aromatic carbocycles. The van der Waals surface area contributed by atoms with Crippen molar-refractivity contribution in [2.24, 2.45) is 0 Å². The summed E-state index contributed by atoms with van der Waals surface area (Å²) in [6.45, 7) is 0. The molecule has 6 heteroatoms. The molecule has 2 aromatic heterocycles. The van der Waals surface area contributed by atoms with Crippen LogP contribution < -0.4 is 0 Å². The van der Waals surface area contributed by atoms with Crippen molar-refractivity contribution in [3.05, 3.63) is 15.1 Å². The van der Waals surface area contributed by atoms with Gasteiger partial charge in [-0.25, -0.2) is 4.98 Å². The molecule has 0 unspecified atom stereocenters. The zero-order valence-corrected chi connectivity index (χ0v) is 8.35. The Kier molecular flexibility index (Phi) is 1.65. The highest BCUT2D eigenvalue weighted by Crippen LogP contribution is 2.22. The molecule has 0 amide bonds. The van der Waals surface area contributed by atoms with Crippen molar-refractivity contribution in [1.29, 1.82) is 0 Å². The Morgan fingerprint density at radius 2 is 2.09 bits per heavy atom. The molecule has 0 radical (unpaired) electrons. The van der Waals surface area contributed by atoms with Crippen molar-refractivity contribution in [1.82, 2.24) is 20.4 Å². The minimum absolute atomic E-state index is 0.611. The molecular weight excluding hydrogens is 276 g/mol. The van der Waals surface area contributed by atoms with Crippen LogP contribution in [0.4, 0.5) is 0 Å². The van der Waals surface area contributed by atoms with Crippen LogP contribution in [0.2, 0.25) is 0 Å². The van der Waals surface area contributed by atoms with Crippen molar-refractivity contribution in [2.75, 3.05) is 0 Å². The SMILES string of the molecule is Brc1cc2n[nH]nc2nc1Br. The van der Waals surface area contributed by atoms with Gasteiger partial charge in [0.2, 0.25) is 5.65 Å². The molecule has 1 N–H and O–H groups in total. The summed E-state index contributed by atoms with van der Waals surface area (Å²) < 4.78 is 1.61. The van der Waals surface area contributed by atoms with Gasteiger partial charge in [0, 0.05) is 0 Å². The van der Waals surface area contributed by atoms with Gasteiger partial charge in [-0.1, -0.05) is 0 Å². The first-order valence-corrected chi connectivity index (χ1v) is 4.38. The lowest BCUT2D eigenvalue weighted by Crippen LogP contribution is -1.79. The van der Waals surface area contributed by atoms with Crippen molar-refractivity contribution in [2.45, 2.75) is 0 Å². The van der Waals surface area contributed by atoms with E-state index in [2.05, 4.69) is 52.3 Å². The lowest BCUT2D eigenvalue weighted by molar-refractivity contribution is 0.954. The summed E-state index contributed by atoms with van der Waals surface area (Å²) in [6, 6.07) is 1.84. The van der Waals surface area contributed by atoms with E-state index < -0.39 is 0 Å². The van der Waals surface area contributed by atoms with Crippen molar-refractivity contribution >= 4 is 43.0 Å². The first kappa shape index (κ1) is 7.17. The molecule has 0 saturated heterocycles. The molecule has 0 fully saturated rings. The average molecular weight is 278 g/mol. The number of nitrogens with zero attached hydrogens (tertiary/aromatic N) is 3.